The summed E-state index contributed by atoms with van der Waals surface area (Å²) >= 11 is 11.7. The summed E-state index contributed by atoms with van der Waals surface area (Å²) < 4.78 is 52.8. The van der Waals surface area contributed by atoms with Gasteiger partial charge in [0.1, 0.15) is 0 Å². The molecule has 0 radical (unpaired) electrons. The molecule has 1 N–H and O–H groups in total. The number of benzene rings is 2. The van der Waals surface area contributed by atoms with Crippen LogP contribution in [0.3, 0.4) is 0 Å². The molecule has 3 rings (SSSR count). The van der Waals surface area contributed by atoms with Gasteiger partial charge in [0, 0.05) is 6.42 Å². The summed E-state index contributed by atoms with van der Waals surface area (Å²) in [5.41, 5.74) is 0.562. The summed E-state index contributed by atoms with van der Waals surface area (Å²) in [7, 11) is -7.86. The lowest BCUT2D eigenvalue weighted by molar-refractivity contribution is -0.116. The van der Waals surface area contributed by atoms with E-state index >= 15 is 0 Å². The Hall–Kier alpha value is -1.81. The number of anilines is 2. The van der Waals surface area contributed by atoms with Gasteiger partial charge in [-0.1, -0.05) is 29.3 Å². The standard InChI is InChI=1S/C16H14Cl2N2O5S2/c1-10-2-4-12(20-16(21)6-7-26(20,22)23)9-15(10)27(24,25)19-11-3-5-13(17)14(18)8-11/h2-5,8-9,19H,6-7H2,1H3. The van der Waals surface area contributed by atoms with E-state index in [1.165, 1.54) is 30.3 Å². The quantitative estimate of drug-likeness (QED) is 0.773. The second-order valence-electron chi connectivity index (χ2n) is 5.91. The number of halogens is 2. The molecule has 11 heteroatoms. The topological polar surface area (TPSA) is 101 Å². The lowest BCUT2D eigenvalue weighted by Crippen LogP contribution is -2.29. The van der Waals surface area contributed by atoms with Crippen LogP contribution in [0.2, 0.25) is 10.0 Å². The molecule has 7 nitrogen and oxygen atoms in total. The zero-order valence-corrected chi connectivity index (χ0v) is 17.1. The molecule has 0 unspecified atom stereocenters. The third-order valence-electron chi connectivity index (χ3n) is 3.95. The van der Waals surface area contributed by atoms with E-state index in [0.29, 0.717) is 9.87 Å². The molecule has 1 aliphatic rings. The summed E-state index contributed by atoms with van der Waals surface area (Å²) in [6.45, 7) is 1.56. The number of nitrogens with one attached hydrogen (secondary N) is 1. The van der Waals surface area contributed by atoms with Crippen LogP contribution >= 0.6 is 23.2 Å². The van der Waals surface area contributed by atoms with Gasteiger partial charge in [-0.15, -0.1) is 0 Å². The summed E-state index contributed by atoms with van der Waals surface area (Å²) in [5.74, 6) is -0.900. The van der Waals surface area contributed by atoms with Gasteiger partial charge in [0.25, 0.3) is 10.0 Å². The molecule has 0 aromatic heterocycles. The highest BCUT2D eigenvalue weighted by atomic mass is 35.5. The van der Waals surface area contributed by atoms with Crippen LogP contribution < -0.4 is 9.03 Å². The van der Waals surface area contributed by atoms with E-state index in [0.717, 1.165) is 6.07 Å². The Morgan fingerprint density at radius 3 is 2.37 bits per heavy atom. The van der Waals surface area contributed by atoms with Crippen molar-refractivity contribution in [1.29, 1.82) is 0 Å². The van der Waals surface area contributed by atoms with Crippen molar-refractivity contribution < 1.29 is 21.6 Å². The Balaban J connectivity index is 2.03. The first-order chi connectivity index (χ1) is 12.5. The van der Waals surface area contributed by atoms with Crippen LogP contribution in [-0.2, 0) is 24.8 Å². The highest BCUT2D eigenvalue weighted by Crippen LogP contribution is 2.31. The molecule has 1 heterocycles. The average molecular weight is 449 g/mol. The van der Waals surface area contributed by atoms with Crippen LogP contribution in [0.1, 0.15) is 12.0 Å². The molecule has 1 fully saturated rings. The van der Waals surface area contributed by atoms with Gasteiger partial charge in [0.2, 0.25) is 15.9 Å². The van der Waals surface area contributed by atoms with E-state index in [-0.39, 0.29) is 38.5 Å². The molecule has 27 heavy (non-hydrogen) atoms. The van der Waals surface area contributed by atoms with Crippen LogP contribution in [0.5, 0.6) is 0 Å². The zero-order chi connectivity index (χ0) is 20.0. The van der Waals surface area contributed by atoms with Crippen LogP contribution in [0.15, 0.2) is 41.3 Å². The number of aryl methyl sites for hydroxylation is 1. The monoisotopic (exact) mass is 448 g/mol. The molecule has 1 saturated heterocycles. The van der Waals surface area contributed by atoms with Gasteiger partial charge in [-0.25, -0.2) is 21.1 Å². The number of amides is 1. The maximum absolute atomic E-state index is 12.8. The minimum atomic E-state index is -4.06. The lowest BCUT2D eigenvalue weighted by Gasteiger charge is -2.17. The summed E-state index contributed by atoms with van der Waals surface area (Å²) in [6, 6.07) is 8.25. The fourth-order valence-corrected chi connectivity index (χ4v) is 5.71. The van der Waals surface area contributed by atoms with Crippen molar-refractivity contribution in [3.05, 3.63) is 52.0 Å². The van der Waals surface area contributed by atoms with Crippen molar-refractivity contribution in [2.24, 2.45) is 0 Å². The largest absolute Gasteiger partial charge is 0.280 e. The van der Waals surface area contributed by atoms with E-state index in [1.807, 2.05) is 0 Å². The van der Waals surface area contributed by atoms with Crippen molar-refractivity contribution >= 4 is 60.5 Å². The molecule has 2 aromatic rings. The van der Waals surface area contributed by atoms with E-state index in [1.54, 1.807) is 6.92 Å². The number of carbonyl (C=O) groups is 1. The average Bonchev–Trinajstić information content (AvgIpc) is 2.84. The first kappa shape index (κ1) is 19.9. The van der Waals surface area contributed by atoms with Crippen molar-refractivity contribution in [2.45, 2.75) is 18.2 Å². The Morgan fingerprint density at radius 2 is 1.78 bits per heavy atom. The number of hydrogen-bond donors (Lipinski definition) is 1. The van der Waals surface area contributed by atoms with Crippen LogP contribution in [0, 0.1) is 6.92 Å². The number of hydrogen-bond acceptors (Lipinski definition) is 5. The van der Waals surface area contributed by atoms with E-state index in [9.17, 15) is 21.6 Å². The van der Waals surface area contributed by atoms with Gasteiger partial charge in [-0.3, -0.25) is 9.52 Å². The molecule has 2 aromatic carbocycles. The minimum absolute atomic E-state index is 0.0161. The van der Waals surface area contributed by atoms with Gasteiger partial charge in [0.05, 0.1) is 32.1 Å². The third kappa shape index (κ3) is 3.91. The molecule has 0 saturated carbocycles. The maximum atomic E-state index is 12.8. The minimum Gasteiger partial charge on any atom is -0.280 e. The van der Waals surface area contributed by atoms with E-state index < -0.39 is 26.0 Å². The molecule has 144 valence electrons. The number of carbonyl (C=O) groups excluding carboxylic acids is 1. The van der Waals surface area contributed by atoms with Gasteiger partial charge >= 0.3 is 0 Å². The molecular formula is C16H14Cl2N2O5S2. The first-order valence-electron chi connectivity index (χ1n) is 7.66. The Morgan fingerprint density at radius 1 is 1.07 bits per heavy atom. The second-order valence-corrected chi connectivity index (χ2v) is 10.3. The van der Waals surface area contributed by atoms with Crippen LogP contribution in [-0.4, -0.2) is 28.5 Å². The predicted octanol–water partition coefficient (Wildman–Crippen LogP) is 3.17. The summed E-state index contributed by atoms with van der Waals surface area (Å²) in [5, 5.41) is 0.451. The zero-order valence-electron chi connectivity index (χ0n) is 13.9. The summed E-state index contributed by atoms with van der Waals surface area (Å²) in [4.78, 5) is 11.8. The molecule has 0 spiro atoms. The Bertz CT molecular complexity index is 1150. The number of nitrogens with zero attached hydrogens (tertiary/aromatic N) is 1. The number of sulfonamides is 2. The second kappa shape index (κ2) is 6.97. The molecule has 0 aliphatic carbocycles. The third-order valence-corrected chi connectivity index (χ3v) is 7.90. The van der Waals surface area contributed by atoms with Crippen molar-refractivity contribution in [1.82, 2.24) is 0 Å². The molecule has 0 bridgehead atoms. The van der Waals surface area contributed by atoms with Crippen molar-refractivity contribution in [2.75, 3.05) is 14.8 Å². The molecule has 0 atom stereocenters. The van der Waals surface area contributed by atoms with E-state index in [4.69, 9.17) is 23.2 Å². The molecule has 1 aliphatic heterocycles. The van der Waals surface area contributed by atoms with Crippen molar-refractivity contribution in [3.8, 4) is 0 Å². The summed E-state index contributed by atoms with van der Waals surface area (Å²) in [6.07, 6.45) is -0.139. The van der Waals surface area contributed by atoms with Crippen LogP contribution in [0.25, 0.3) is 0 Å². The van der Waals surface area contributed by atoms with Gasteiger partial charge in [-0.2, -0.15) is 0 Å². The fraction of sp³-hybridized carbons (Fsp3) is 0.188. The molecule has 1 amide bonds. The number of rotatable bonds is 4. The first-order valence-corrected chi connectivity index (χ1v) is 11.5. The Labute approximate surface area is 167 Å². The lowest BCUT2D eigenvalue weighted by atomic mass is 10.2. The fourth-order valence-electron chi connectivity index (χ4n) is 2.64. The highest BCUT2D eigenvalue weighted by Gasteiger charge is 2.37. The van der Waals surface area contributed by atoms with Gasteiger partial charge < -0.3 is 0 Å². The smallest absolute Gasteiger partial charge is 0.262 e. The van der Waals surface area contributed by atoms with E-state index in [2.05, 4.69) is 4.72 Å². The van der Waals surface area contributed by atoms with Crippen molar-refractivity contribution in [3.63, 3.8) is 0 Å². The maximum Gasteiger partial charge on any atom is 0.262 e. The molecular weight excluding hydrogens is 435 g/mol. The van der Waals surface area contributed by atoms with Gasteiger partial charge in [-0.05, 0) is 42.8 Å². The Kier molecular flexibility index (Phi) is 5.15. The SMILES string of the molecule is Cc1ccc(N2C(=O)CCS2(=O)=O)cc1S(=O)(=O)Nc1ccc(Cl)c(Cl)c1. The predicted molar refractivity (Wildman–Crippen MR) is 104 cm³/mol. The van der Waals surface area contributed by atoms with Crippen LogP contribution in [0.4, 0.5) is 11.4 Å². The normalized spacial score (nSPS) is 16.6. The van der Waals surface area contributed by atoms with Gasteiger partial charge in [0.15, 0.2) is 0 Å². The highest BCUT2D eigenvalue weighted by molar-refractivity contribution is 7.94.